The predicted molar refractivity (Wildman–Crippen MR) is 66.5 cm³/mol. The van der Waals surface area contributed by atoms with E-state index >= 15 is 0 Å². The van der Waals surface area contributed by atoms with Crippen molar-refractivity contribution in [3.8, 4) is 0 Å². The van der Waals surface area contributed by atoms with E-state index in [1.807, 2.05) is 0 Å². The Morgan fingerprint density at radius 3 is 3.00 bits per heavy atom. The monoisotopic (exact) mass is 238 g/mol. The molecule has 0 saturated carbocycles. The molecule has 0 unspecified atom stereocenters. The molecule has 0 bridgehead atoms. The number of nitrogens with zero attached hydrogens (tertiary/aromatic N) is 2. The molecular formula is C11H15ClN4. The van der Waals surface area contributed by atoms with Gasteiger partial charge in [-0.25, -0.2) is 4.98 Å². The van der Waals surface area contributed by atoms with E-state index in [0.717, 1.165) is 13.0 Å². The largest absolute Gasteiger partial charge is 0.370 e. The number of anilines is 2. The van der Waals surface area contributed by atoms with Crippen LogP contribution in [0.25, 0.3) is 0 Å². The third-order valence-electron chi connectivity index (χ3n) is 2.60. The second kappa shape index (κ2) is 5.16. The minimum atomic E-state index is 0.204. The predicted octanol–water partition coefficient (Wildman–Crippen LogP) is 2.62. The number of hydrogen-bond acceptors (Lipinski definition) is 4. The topological polar surface area (TPSA) is 63.8 Å². The molecule has 0 saturated heterocycles. The Kier molecular flexibility index (Phi) is 3.62. The summed E-state index contributed by atoms with van der Waals surface area (Å²) in [5, 5.41) is 3.57. The average Bonchev–Trinajstić information content (AvgIpc) is 2.69. The van der Waals surface area contributed by atoms with Gasteiger partial charge in [0.25, 0.3) is 0 Å². The lowest BCUT2D eigenvalue weighted by molar-refractivity contribution is 0.861. The maximum atomic E-state index is 5.77. The first-order valence-corrected chi connectivity index (χ1v) is 5.83. The van der Waals surface area contributed by atoms with Crippen molar-refractivity contribution in [3.63, 3.8) is 0 Å². The van der Waals surface area contributed by atoms with E-state index in [1.165, 1.54) is 24.8 Å². The van der Waals surface area contributed by atoms with Crippen LogP contribution in [0.4, 0.5) is 11.8 Å². The SMILES string of the molecule is Nc1nc(Cl)cc(NCCC2=CCCC2)n1. The van der Waals surface area contributed by atoms with Crippen LogP contribution in [0.2, 0.25) is 5.15 Å². The molecule has 1 aromatic heterocycles. The Hall–Kier alpha value is -1.29. The van der Waals surface area contributed by atoms with Gasteiger partial charge in [0.1, 0.15) is 11.0 Å². The van der Waals surface area contributed by atoms with Gasteiger partial charge in [0.15, 0.2) is 0 Å². The second-order valence-electron chi connectivity index (χ2n) is 3.87. The Bertz CT molecular complexity index is 383. The molecular weight excluding hydrogens is 224 g/mol. The zero-order valence-corrected chi connectivity index (χ0v) is 9.80. The molecule has 1 aliphatic carbocycles. The quantitative estimate of drug-likeness (QED) is 0.625. The molecule has 0 amide bonds. The van der Waals surface area contributed by atoms with Crippen LogP contribution >= 0.6 is 11.6 Å². The summed E-state index contributed by atoms with van der Waals surface area (Å²) in [5.41, 5.74) is 7.02. The van der Waals surface area contributed by atoms with Crippen LogP contribution in [-0.2, 0) is 0 Å². The number of aromatic nitrogens is 2. The number of halogens is 1. The van der Waals surface area contributed by atoms with E-state index in [9.17, 15) is 0 Å². The first-order chi connectivity index (χ1) is 7.74. The first kappa shape index (κ1) is 11.2. The van der Waals surface area contributed by atoms with Gasteiger partial charge in [-0.1, -0.05) is 23.3 Å². The fraction of sp³-hybridized carbons (Fsp3) is 0.455. The Morgan fingerprint density at radius 2 is 2.31 bits per heavy atom. The van der Waals surface area contributed by atoms with Crippen LogP contribution in [0.15, 0.2) is 17.7 Å². The molecule has 1 aromatic rings. The molecule has 86 valence electrons. The van der Waals surface area contributed by atoms with E-state index in [0.29, 0.717) is 11.0 Å². The Labute approximate surface area is 99.9 Å². The molecule has 0 atom stereocenters. The normalized spacial score (nSPS) is 14.9. The standard InChI is InChI=1S/C11H15ClN4/c12-9-7-10(16-11(13)15-9)14-6-5-8-3-1-2-4-8/h3,7H,1-2,4-6H2,(H3,13,14,15,16). The van der Waals surface area contributed by atoms with Crippen molar-refractivity contribution in [1.82, 2.24) is 9.97 Å². The van der Waals surface area contributed by atoms with Crippen molar-refractivity contribution >= 4 is 23.4 Å². The highest BCUT2D eigenvalue weighted by Gasteiger charge is 2.04. The molecule has 0 radical (unpaired) electrons. The van der Waals surface area contributed by atoms with Crippen molar-refractivity contribution in [2.75, 3.05) is 17.6 Å². The van der Waals surface area contributed by atoms with E-state index < -0.39 is 0 Å². The highest BCUT2D eigenvalue weighted by atomic mass is 35.5. The lowest BCUT2D eigenvalue weighted by atomic mass is 10.2. The van der Waals surface area contributed by atoms with Crippen molar-refractivity contribution < 1.29 is 0 Å². The number of hydrogen-bond donors (Lipinski definition) is 2. The number of nitrogens with one attached hydrogen (secondary N) is 1. The van der Waals surface area contributed by atoms with Crippen LogP contribution in [0.5, 0.6) is 0 Å². The molecule has 1 heterocycles. The summed E-state index contributed by atoms with van der Waals surface area (Å²) < 4.78 is 0. The fourth-order valence-corrected chi connectivity index (χ4v) is 2.03. The second-order valence-corrected chi connectivity index (χ2v) is 4.25. The van der Waals surface area contributed by atoms with Crippen LogP contribution < -0.4 is 11.1 Å². The Balaban J connectivity index is 1.84. The fourth-order valence-electron chi connectivity index (χ4n) is 1.84. The summed E-state index contributed by atoms with van der Waals surface area (Å²) in [6.07, 6.45) is 7.13. The number of nitrogens with two attached hydrogens (primary N) is 1. The molecule has 0 spiro atoms. The summed E-state index contributed by atoms with van der Waals surface area (Å²) in [7, 11) is 0. The lowest BCUT2D eigenvalue weighted by Crippen LogP contribution is -2.06. The van der Waals surface area contributed by atoms with Crippen molar-refractivity contribution in [2.24, 2.45) is 0 Å². The van der Waals surface area contributed by atoms with Crippen molar-refractivity contribution in [3.05, 3.63) is 22.9 Å². The summed E-state index contributed by atoms with van der Waals surface area (Å²) in [5.74, 6) is 0.895. The van der Waals surface area contributed by atoms with E-state index in [-0.39, 0.29) is 5.95 Å². The van der Waals surface area contributed by atoms with Crippen LogP contribution in [0.3, 0.4) is 0 Å². The summed E-state index contributed by atoms with van der Waals surface area (Å²) in [6, 6.07) is 1.68. The summed E-state index contributed by atoms with van der Waals surface area (Å²) >= 11 is 5.77. The van der Waals surface area contributed by atoms with Gasteiger partial charge in [0.2, 0.25) is 5.95 Å². The maximum absolute atomic E-state index is 5.77. The molecule has 1 aliphatic rings. The lowest BCUT2D eigenvalue weighted by Gasteiger charge is -2.06. The molecule has 4 nitrogen and oxygen atoms in total. The van der Waals surface area contributed by atoms with E-state index in [4.69, 9.17) is 17.3 Å². The van der Waals surface area contributed by atoms with Gasteiger partial charge in [-0.05, 0) is 25.7 Å². The third kappa shape index (κ3) is 3.10. The Morgan fingerprint density at radius 1 is 1.44 bits per heavy atom. The van der Waals surface area contributed by atoms with Crippen LogP contribution in [-0.4, -0.2) is 16.5 Å². The minimum Gasteiger partial charge on any atom is -0.370 e. The van der Waals surface area contributed by atoms with Gasteiger partial charge in [0.05, 0.1) is 0 Å². The smallest absolute Gasteiger partial charge is 0.223 e. The van der Waals surface area contributed by atoms with E-state index in [2.05, 4.69) is 21.4 Å². The van der Waals surface area contributed by atoms with Gasteiger partial charge in [-0.15, -0.1) is 0 Å². The molecule has 16 heavy (non-hydrogen) atoms. The molecule has 0 aliphatic heterocycles. The van der Waals surface area contributed by atoms with Gasteiger partial charge in [0, 0.05) is 12.6 Å². The van der Waals surface area contributed by atoms with Crippen molar-refractivity contribution in [2.45, 2.75) is 25.7 Å². The third-order valence-corrected chi connectivity index (χ3v) is 2.79. The zero-order valence-electron chi connectivity index (χ0n) is 9.04. The zero-order chi connectivity index (χ0) is 11.4. The minimum absolute atomic E-state index is 0.204. The molecule has 3 N–H and O–H groups in total. The first-order valence-electron chi connectivity index (χ1n) is 5.46. The highest BCUT2D eigenvalue weighted by Crippen LogP contribution is 2.20. The molecule has 5 heteroatoms. The van der Waals surface area contributed by atoms with Gasteiger partial charge in [-0.2, -0.15) is 4.98 Å². The number of allylic oxidation sites excluding steroid dienone is 1. The molecule has 2 rings (SSSR count). The maximum Gasteiger partial charge on any atom is 0.223 e. The average molecular weight is 239 g/mol. The van der Waals surface area contributed by atoms with E-state index in [1.54, 1.807) is 6.07 Å². The summed E-state index contributed by atoms with van der Waals surface area (Å²) in [6.45, 7) is 0.860. The van der Waals surface area contributed by atoms with Crippen LogP contribution in [0, 0.1) is 0 Å². The number of rotatable bonds is 4. The molecule has 0 fully saturated rings. The van der Waals surface area contributed by atoms with Gasteiger partial charge >= 0.3 is 0 Å². The molecule has 0 aromatic carbocycles. The van der Waals surface area contributed by atoms with Gasteiger partial charge in [-0.3, -0.25) is 0 Å². The van der Waals surface area contributed by atoms with Gasteiger partial charge < -0.3 is 11.1 Å². The number of nitrogen functional groups attached to an aromatic ring is 1. The van der Waals surface area contributed by atoms with Crippen molar-refractivity contribution in [1.29, 1.82) is 0 Å². The highest BCUT2D eigenvalue weighted by molar-refractivity contribution is 6.29. The summed E-state index contributed by atoms with van der Waals surface area (Å²) in [4.78, 5) is 7.85. The van der Waals surface area contributed by atoms with Crippen LogP contribution in [0.1, 0.15) is 25.7 Å².